The maximum Gasteiger partial charge on any atom is 0.127 e. The molecule has 2 rings (SSSR count). The van der Waals surface area contributed by atoms with Crippen LogP contribution in [-0.2, 0) is 0 Å². The van der Waals surface area contributed by atoms with Crippen LogP contribution >= 0.6 is 0 Å². The van der Waals surface area contributed by atoms with E-state index in [0.29, 0.717) is 0 Å². The van der Waals surface area contributed by atoms with Crippen molar-refractivity contribution < 1.29 is 9.47 Å². The quantitative estimate of drug-likeness (QED) is 0.552. The Labute approximate surface area is 134 Å². The van der Waals surface area contributed by atoms with Crippen molar-refractivity contribution in [2.75, 3.05) is 13.2 Å². The molecule has 2 nitrogen and oxygen atoms in total. The molecule has 0 saturated carbocycles. The van der Waals surface area contributed by atoms with Crippen LogP contribution in [0.3, 0.4) is 0 Å². The van der Waals surface area contributed by atoms with Gasteiger partial charge in [-0.05, 0) is 36.6 Å². The lowest BCUT2D eigenvalue weighted by atomic mass is 10.0. The second-order valence-corrected chi connectivity index (χ2v) is 5.42. The fourth-order valence-electron chi connectivity index (χ4n) is 2.22. The summed E-state index contributed by atoms with van der Waals surface area (Å²) in [6.07, 6.45) is 4.47. The number of hydrogen-bond donors (Lipinski definition) is 0. The van der Waals surface area contributed by atoms with Gasteiger partial charge in [-0.25, -0.2) is 0 Å². The van der Waals surface area contributed by atoms with Gasteiger partial charge in [-0.2, -0.15) is 0 Å². The zero-order chi connectivity index (χ0) is 15.6. The van der Waals surface area contributed by atoms with Crippen molar-refractivity contribution >= 4 is 0 Å². The first-order chi connectivity index (χ1) is 10.8. The first-order valence-electron chi connectivity index (χ1n) is 8.30. The van der Waals surface area contributed by atoms with Gasteiger partial charge >= 0.3 is 0 Å². The van der Waals surface area contributed by atoms with E-state index in [1.165, 1.54) is 0 Å². The SMILES string of the molecule is CCCCOc1ccc(-c2ccccc2OCCCC)cc1. The molecule has 0 unspecified atom stereocenters. The molecule has 0 aliphatic carbocycles. The maximum absolute atomic E-state index is 5.91. The fourth-order valence-corrected chi connectivity index (χ4v) is 2.22. The lowest BCUT2D eigenvalue weighted by molar-refractivity contribution is 0.309. The second kappa shape index (κ2) is 9.14. The molecule has 0 fully saturated rings. The average molecular weight is 298 g/mol. The molecule has 0 N–H and O–H groups in total. The van der Waals surface area contributed by atoms with Gasteiger partial charge in [0, 0.05) is 5.56 Å². The topological polar surface area (TPSA) is 18.5 Å². The van der Waals surface area contributed by atoms with E-state index in [9.17, 15) is 0 Å². The van der Waals surface area contributed by atoms with Crippen molar-refractivity contribution in [2.24, 2.45) is 0 Å². The smallest absolute Gasteiger partial charge is 0.127 e. The van der Waals surface area contributed by atoms with Gasteiger partial charge in [0.05, 0.1) is 13.2 Å². The number of unbranched alkanes of at least 4 members (excludes halogenated alkanes) is 2. The Balaban J connectivity index is 2.07. The monoisotopic (exact) mass is 298 g/mol. The molecule has 22 heavy (non-hydrogen) atoms. The van der Waals surface area contributed by atoms with Crippen LogP contribution in [0.15, 0.2) is 48.5 Å². The molecule has 2 heteroatoms. The van der Waals surface area contributed by atoms with Gasteiger partial charge in [0.15, 0.2) is 0 Å². The van der Waals surface area contributed by atoms with Crippen molar-refractivity contribution in [1.29, 1.82) is 0 Å². The summed E-state index contributed by atoms with van der Waals surface area (Å²) in [7, 11) is 0. The zero-order valence-corrected chi connectivity index (χ0v) is 13.7. The van der Waals surface area contributed by atoms with Crippen molar-refractivity contribution in [3.05, 3.63) is 48.5 Å². The number of rotatable bonds is 9. The molecule has 0 aliphatic heterocycles. The highest BCUT2D eigenvalue weighted by Crippen LogP contribution is 2.31. The van der Waals surface area contributed by atoms with Crippen LogP contribution in [0, 0.1) is 0 Å². The van der Waals surface area contributed by atoms with E-state index < -0.39 is 0 Å². The Morgan fingerprint density at radius 1 is 0.727 bits per heavy atom. The molecule has 2 aromatic carbocycles. The van der Waals surface area contributed by atoms with Crippen molar-refractivity contribution in [2.45, 2.75) is 39.5 Å². The molecule has 2 aromatic rings. The van der Waals surface area contributed by atoms with Crippen LogP contribution in [0.4, 0.5) is 0 Å². The maximum atomic E-state index is 5.91. The summed E-state index contributed by atoms with van der Waals surface area (Å²) in [5, 5.41) is 0. The molecule has 0 heterocycles. The Bertz CT molecular complexity index is 546. The molecule has 0 atom stereocenters. The van der Waals surface area contributed by atoms with Gasteiger partial charge in [-0.1, -0.05) is 57.0 Å². The molecular formula is C20H26O2. The van der Waals surface area contributed by atoms with E-state index in [-0.39, 0.29) is 0 Å². The minimum absolute atomic E-state index is 0.770. The van der Waals surface area contributed by atoms with E-state index >= 15 is 0 Å². The highest BCUT2D eigenvalue weighted by atomic mass is 16.5. The Kier molecular flexibility index (Phi) is 6.82. The minimum Gasteiger partial charge on any atom is -0.494 e. The lowest BCUT2D eigenvalue weighted by Crippen LogP contribution is -1.98. The van der Waals surface area contributed by atoms with Crippen LogP contribution < -0.4 is 9.47 Å². The molecule has 0 spiro atoms. The molecule has 118 valence electrons. The molecule has 0 bridgehead atoms. The number of ether oxygens (including phenoxy) is 2. The summed E-state index contributed by atoms with van der Waals surface area (Å²) in [5.74, 6) is 1.89. The van der Waals surface area contributed by atoms with E-state index in [4.69, 9.17) is 9.47 Å². The zero-order valence-electron chi connectivity index (χ0n) is 13.7. The molecule has 0 radical (unpaired) electrons. The summed E-state index contributed by atoms with van der Waals surface area (Å²) in [6.45, 7) is 5.90. The number of benzene rings is 2. The largest absolute Gasteiger partial charge is 0.494 e. The molecule has 0 aliphatic rings. The highest BCUT2D eigenvalue weighted by molar-refractivity contribution is 5.70. The highest BCUT2D eigenvalue weighted by Gasteiger charge is 2.06. The minimum atomic E-state index is 0.770. The van der Waals surface area contributed by atoms with Crippen LogP contribution in [-0.4, -0.2) is 13.2 Å². The van der Waals surface area contributed by atoms with Gasteiger partial charge in [-0.15, -0.1) is 0 Å². The fraction of sp³-hybridized carbons (Fsp3) is 0.400. The normalized spacial score (nSPS) is 10.5. The van der Waals surface area contributed by atoms with Crippen molar-refractivity contribution in [1.82, 2.24) is 0 Å². The van der Waals surface area contributed by atoms with Crippen molar-refractivity contribution in [3.8, 4) is 22.6 Å². The first kappa shape index (κ1) is 16.4. The van der Waals surface area contributed by atoms with Crippen LogP contribution in [0.1, 0.15) is 39.5 Å². The van der Waals surface area contributed by atoms with E-state index in [0.717, 1.165) is 61.5 Å². The van der Waals surface area contributed by atoms with Gasteiger partial charge in [0.1, 0.15) is 11.5 Å². The van der Waals surface area contributed by atoms with Gasteiger partial charge in [0.2, 0.25) is 0 Å². The van der Waals surface area contributed by atoms with Gasteiger partial charge < -0.3 is 9.47 Å². The van der Waals surface area contributed by atoms with E-state index in [2.05, 4.69) is 32.0 Å². The number of para-hydroxylation sites is 1. The van der Waals surface area contributed by atoms with Gasteiger partial charge in [0.25, 0.3) is 0 Å². The molecule has 0 saturated heterocycles. The molecule has 0 aromatic heterocycles. The summed E-state index contributed by atoms with van der Waals surface area (Å²) in [6, 6.07) is 16.5. The Morgan fingerprint density at radius 3 is 2.05 bits per heavy atom. The Hall–Kier alpha value is -1.96. The van der Waals surface area contributed by atoms with E-state index in [1.807, 2.05) is 30.3 Å². The summed E-state index contributed by atoms with van der Waals surface area (Å²) < 4.78 is 11.6. The predicted octanol–water partition coefficient (Wildman–Crippen LogP) is 5.71. The lowest BCUT2D eigenvalue weighted by Gasteiger charge is -2.12. The summed E-state index contributed by atoms with van der Waals surface area (Å²) >= 11 is 0. The molecular weight excluding hydrogens is 272 g/mol. The standard InChI is InChI=1S/C20H26O2/c1-3-5-15-21-18-13-11-17(12-14-18)19-9-7-8-10-20(19)22-16-6-4-2/h7-14H,3-6,15-16H2,1-2H3. The third-order valence-corrected chi connectivity index (χ3v) is 3.57. The second-order valence-electron chi connectivity index (χ2n) is 5.42. The Morgan fingerprint density at radius 2 is 1.36 bits per heavy atom. The number of hydrogen-bond acceptors (Lipinski definition) is 2. The summed E-state index contributed by atoms with van der Waals surface area (Å²) in [5.41, 5.74) is 2.30. The third-order valence-electron chi connectivity index (χ3n) is 3.57. The average Bonchev–Trinajstić information content (AvgIpc) is 2.57. The van der Waals surface area contributed by atoms with Crippen molar-refractivity contribution in [3.63, 3.8) is 0 Å². The summed E-state index contributed by atoms with van der Waals surface area (Å²) in [4.78, 5) is 0. The van der Waals surface area contributed by atoms with Crippen LogP contribution in [0.2, 0.25) is 0 Å². The third kappa shape index (κ3) is 4.80. The molecule has 0 amide bonds. The van der Waals surface area contributed by atoms with Gasteiger partial charge in [-0.3, -0.25) is 0 Å². The predicted molar refractivity (Wildman–Crippen MR) is 92.7 cm³/mol. The van der Waals surface area contributed by atoms with Crippen LogP contribution in [0.5, 0.6) is 11.5 Å². The van der Waals surface area contributed by atoms with Crippen LogP contribution in [0.25, 0.3) is 11.1 Å². The van der Waals surface area contributed by atoms with E-state index in [1.54, 1.807) is 0 Å². The first-order valence-corrected chi connectivity index (χ1v) is 8.30.